The molecule has 3 aromatic rings. The Bertz CT molecular complexity index is 817. The minimum atomic E-state index is 0.378. The first-order valence-corrected chi connectivity index (χ1v) is 7.73. The van der Waals surface area contributed by atoms with Crippen molar-refractivity contribution in [1.29, 1.82) is 0 Å². The fourth-order valence-corrected chi connectivity index (χ4v) is 2.56. The second-order valence-corrected chi connectivity index (χ2v) is 6.18. The molecule has 3 heterocycles. The van der Waals surface area contributed by atoms with Gasteiger partial charge >= 0.3 is 0 Å². The van der Waals surface area contributed by atoms with Crippen molar-refractivity contribution in [3.63, 3.8) is 0 Å². The standard InChI is InChI=1S/C17H18N4O2/c1-21(2)10-13-5-6-15(22-13)17-19-16(20-23-17)14-9-12(7-8-18-14)11-3-4-11/h5-9,11H,3-4,10H2,1-2H3. The summed E-state index contributed by atoms with van der Waals surface area (Å²) in [7, 11) is 3.98. The summed E-state index contributed by atoms with van der Waals surface area (Å²) >= 11 is 0. The average Bonchev–Trinajstić information content (AvgIpc) is 3.09. The number of rotatable bonds is 5. The van der Waals surface area contributed by atoms with Gasteiger partial charge in [-0.1, -0.05) is 5.16 Å². The molecule has 0 bridgehead atoms. The summed E-state index contributed by atoms with van der Waals surface area (Å²) in [6.45, 7) is 0.728. The molecule has 0 aromatic carbocycles. The van der Waals surface area contributed by atoms with Gasteiger partial charge in [0.2, 0.25) is 5.82 Å². The smallest absolute Gasteiger partial charge is 0.293 e. The molecule has 0 amide bonds. The van der Waals surface area contributed by atoms with Crippen LogP contribution >= 0.6 is 0 Å². The molecule has 0 atom stereocenters. The summed E-state index contributed by atoms with van der Waals surface area (Å²) in [5, 5.41) is 4.03. The number of hydrogen-bond acceptors (Lipinski definition) is 6. The molecule has 4 rings (SSSR count). The minimum absolute atomic E-state index is 0.378. The number of hydrogen-bond donors (Lipinski definition) is 0. The summed E-state index contributed by atoms with van der Waals surface area (Å²) in [6, 6.07) is 7.88. The van der Waals surface area contributed by atoms with Gasteiger partial charge in [0.1, 0.15) is 11.5 Å². The van der Waals surface area contributed by atoms with Crippen molar-refractivity contribution in [3.8, 4) is 23.2 Å². The van der Waals surface area contributed by atoms with Crippen LogP contribution < -0.4 is 0 Å². The Morgan fingerprint density at radius 1 is 1.22 bits per heavy atom. The molecule has 6 nitrogen and oxygen atoms in total. The maximum Gasteiger partial charge on any atom is 0.293 e. The molecule has 0 N–H and O–H groups in total. The van der Waals surface area contributed by atoms with E-state index in [1.807, 2.05) is 37.2 Å². The number of nitrogens with zero attached hydrogens (tertiary/aromatic N) is 4. The van der Waals surface area contributed by atoms with Crippen LogP contribution in [0.25, 0.3) is 23.2 Å². The zero-order valence-corrected chi connectivity index (χ0v) is 13.2. The lowest BCUT2D eigenvalue weighted by Crippen LogP contribution is -2.09. The van der Waals surface area contributed by atoms with Gasteiger partial charge in [-0.05, 0) is 62.7 Å². The fraction of sp³-hybridized carbons (Fsp3) is 0.353. The van der Waals surface area contributed by atoms with Crippen LogP contribution in [0.2, 0.25) is 0 Å². The summed E-state index contributed by atoms with van der Waals surface area (Å²) < 4.78 is 11.1. The normalized spacial score (nSPS) is 14.6. The highest BCUT2D eigenvalue weighted by Gasteiger charge is 2.24. The maximum absolute atomic E-state index is 5.74. The number of aromatic nitrogens is 3. The Morgan fingerprint density at radius 2 is 2.09 bits per heavy atom. The van der Waals surface area contributed by atoms with Gasteiger partial charge in [-0.2, -0.15) is 4.98 Å². The molecule has 1 fully saturated rings. The Balaban J connectivity index is 1.59. The predicted molar refractivity (Wildman–Crippen MR) is 84.6 cm³/mol. The zero-order valence-electron chi connectivity index (χ0n) is 13.2. The van der Waals surface area contributed by atoms with Crippen LogP contribution in [-0.4, -0.2) is 34.1 Å². The molecule has 118 valence electrons. The third-order valence-corrected chi connectivity index (χ3v) is 3.83. The van der Waals surface area contributed by atoms with Crippen molar-refractivity contribution >= 4 is 0 Å². The lowest BCUT2D eigenvalue weighted by Gasteiger charge is -2.05. The SMILES string of the molecule is CN(C)Cc1ccc(-c2nc(-c3cc(C4CC4)ccn3)no2)o1. The van der Waals surface area contributed by atoms with E-state index in [0.717, 1.165) is 18.0 Å². The summed E-state index contributed by atoms with van der Waals surface area (Å²) in [4.78, 5) is 10.8. The highest BCUT2D eigenvalue weighted by atomic mass is 16.5. The molecule has 1 aliphatic rings. The topological polar surface area (TPSA) is 68.2 Å². The molecule has 0 saturated heterocycles. The Morgan fingerprint density at radius 3 is 2.87 bits per heavy atom. The summed E-state index contributed by atoms with van der Waals surface area (Å²) in [6.07, 6.45) is 4.31. The van der Waals surface area contributed by atoms with Gasteiger partial charge in [-0.15, -0.1) is 0 Å². The first-order chi connectivity index (χ1) is 11.2. The highest BCUT2D eigenvalue weighted by molar-refractivity contribution is 5.54. The summed E-state index contributed by atoms with van der Waals surface area (Å²) in [5.74, 6) is 2.98. The zero-order chi connectivity index (χ0) is 15.8. The lowest BCUT2D eigenvalue weighted by atomic mass is 10.1. The minimum Gasteiger partial charge on any atom is -0.455 e. The van der Waals surface area contributed by atoms with Crippen LogP contribution in [-0.2, 0) is 6.54 Å². The van der Waals surface area contributed by atoms with E-state index >= 15 is 0 Å². The van der Waals surface area contributed by atoms with E-state index in [1.54, 1.807) is 6.20 Å². The van der Waals surface area contributed by atoms with Crippen molar-refractivity contribution in [2.75, 3.05) is 14.1 Å². The van der Waals surface area contributed by atoms with Gasteiger partial charge < -0.3 is 13.8 Å². The Hall–Kier alpha value is -2.47. The first kappa shape index (κ1) is 14.1. The number of furan rings is 1. The van der Waals surface area contributed by atoms with Crippen molar-refractivity contribution in [2.45, 2.75) is 25.3 Å². The highest BCUT2D eigenvalue weighted by Crippen LogP contribution is 2.40. The van der Waals surface area contributed by atoms with E-state index in [1.165, 1.54) is 18.4 Å². The Labute approximate surface area is 134 Å². The average molecular weight is 310 g/mol. The van der Waals surface area contributed by atoms with Crippen LogP contribution in [0.1, 0.15) is 30.1 Å². The molecule has 6 heteroatoms. The lowest BCUT2D eigenvalue weighted by molar-refractivity contribution is 0.347. The van der Waals surface area contributed by atoms with Crippen LogP contribution in [0, 0.1) is 0 Å². The second-order valence-electron chi connectivity index (χ2n) is 6.18. The quantitative estimate of drug-likeness (QED) is 0.720. The largest absolute Gasteiger partial charge is 0.455 e. The molecule has 23 heavy (non-hydrogen) atoms. The van der Waals surface area contributed by atoms with E-state index in [-0.39, 0.29) is 0 Å². The van der Waals surface area contributed by atoms with Gasteiger partial charge in [0, 0.05) is 6.20 Å². The van der Waals surface area contributed by atoms with Gasteiger partial charge in [0.15, 0.2) is 5.76 Å². The van der Waals surface area contributed by atoms with Crippen molar-refractivity contribution in [1.82, 2.24) is 20.0 Å². The molecule has 3 aromatic heterocycles. The van der Waals surface area contributed by atoms with Gasteiger partial charge in [0.25, 0.3) is 5.89 Å². The predicted octanol–water partition coefficient (Wildman–Crippen LogP) is 3.33. The molecule has 0 aliphatic heterocycles. The third kappa shape index (κ3) is 3.03. The van der Waals surface area contributed by atoms with E-state index in [4.69, 9.17) is 8.94 Å². The van der Waals surface area contributed by atoms with Gasteiger partial charge in [0.05, 0.1) is 6.54 Å². The van der Waals surface area contributed by atoms with Crippen LogP contribution in [0.3, 0.4) is 0 Å². The molecular formula is C17H18N4O2. The van der Waals surface area contributed by atoms with E-state index in [0.29, 0.717) is 23.4 Å². The van der Waals surface area contributed by atoms with Crippen LogP contribution in [0.4, 0.5) is 0 Å². The molecule has 0 radical (unpaired) electrons. The fourth-order valence-electron chi connectivity index (χ4n) is 2.56. The Kier molecular flexibility index (Phi) is 3.46. The monoisotopic (exact) mass is 310 g/mol. The third-order valence-electron chi connectivity index (χ3n) is 3.83. The molecule has 0 spiro atoms. The van der Waals surface area contributed by atoms with E-state index in [9.17, 15) is 0 Å². The molecule has 1 aliphatic carbocycles. The summed E-state index contributed by atoms with van der Waals surface area (Å²) in [5.41, 5.74) is 2.04. The first-order valence-electron chi connectivity index (χ1n) is 7.73. The van der Waals surface area contributed by atoms with Crippen molar-refractivity contribution in [3.05, 3.63) is 41.8 Å². The van der Waals surface area contributed by atoms with Crippen LogP contribution in [0.15, 0.2) is 39.4 Å². The van der Waals surface area contributed by atoms with Gasteiger partial charge in [-0.3, -0.25) is 4.98 Å². The number of pyridine rings is 1. The van der Waals surface area contributed by atoms with E-state index < -0.39 is 0 Å². The van der Waals surface area contributed by atoms with Crippen LogP contribution in [0.5, 0.6) is 0 Å². The maximum atomic E-state index is 5.74. The second kappa shape index (κ2) is 5.62. The molecular weight excluding hydrogens is 292 g/mol. The van der Waals surface area contributed by atoms with Crippen molar-refractivity contribution < 1.29 is 8.94 Å². The van der Waals surface area contributed by atoms with E-state index in [2.05, 4.69) is 21.2 Å². The molecule has 1 saturated carbocycles. The molecule has 0 unspecified atom stereocenters. The van der Waals surface area contributed by atoms with Gasteiger partial charge in [-0.25, -0.2) is 0 Å². The van der Waals surface area contributed by atoms with Crippen molar-refractivity contribution in [2.24, 2.45) is 0 Å².